The molecule has 3 N–H and O–H groups in total. The van der Waals surface area contributed by atoms with E-state index in [1.807, 2.05) is 6.07 Å². The van der Waals surface area contributed by atoms with Gasteiger partial charge in [0.1, 0.15) is 0 Å². The Kier molecular flexibility index (Phi) is 3.33. The van der Waals surface area contributed by atoms with Crippen LogP contribution in [-0.2, 0) is 0 Å². The second-order valence-corrected chi connectivity index (χ2v) is 3.98. The Morgan fingerprint density at radius 2 is 2.36 bits per heavy atom. The van der Waals surface area contributed by atoms with Gasteiger partial charge in [-0.2, -0.15) is 0 Å². The third kappa shape index (κ3) is 2.45. The molecule has 0 spiro atoms. The SMILES string of the molecule is NCCC(O)c1ccc(Cl)s1. The van der Waals surface area contributed by atoms with E-state index in [2.05, 4.69) is 0 Å². The van der Waals surface area contributed by atoms with Gasteiger partial charge in [0.15, 0.2) is 0 Å². The molecular weight excluding hydrogens is 182 g/mol. The Hall–Kier alpha value is -0.0900. The van der Waals surface area contributed by atoms with Crippen molar-refractivity contribution in [3.05, 3.63) is 21.3 Å². The Balaban J connectivity index is 2.60. The van der Waals surface area contributed by atoms with Crippen LogP contribution in [-0.4, -0.2) is 11.7 Å². The average Bonchev–Trinajstić information content (AvgIpc) is 2.36. The van der Waals surface area contributed by atoms with E-state index in [-0.39, 0.29) is 0 Å². The van der Waals surface area contributed by atoms with Crippen molar-refractivity contribution in [2.75, 3.05) is 6.54 Å². The highest BCUT2D eigenvalue weighted by Gasteiger charge is 2.07. The zero-order valence-corrected chi connectivity index (χ0v) is 7.53. The monoisotopic (exact) mass is 191 g/mol. The van der Waals surface area contributed by atoms with E-state index in [9.17, 15) is 5.11 Å². The predicted octanol–water partition coefficient (Wildman–Crippen LogP) is 1.78. The number of aliphatic hydroxyl groups excluding tert-OH is 1. The first kappa shape index (κ1) is 9.00. The molecule has 1 heterocycles. The van der Waals surface area contributed by atoms with Crippen molar-refractivity contribution in [2.24, 2.45) is 5.73 Å². The summed E-state index contributed by atoms with van der Waals surface area (Å²) in [5.41, 5.74) is 5.29. The molecule has 1 unspecified atom stereocenters. The molecule has 0 aliphatic rings. The van der Waals surface area contributed by atoms with Crippen molar-refractivity contribution in [3.8, 4) is 0 Å². The summed E-state index contributed by atoms with van der Waals surface area (Å²) in [4.78, 5) is 0.889. The Morgan fingerprint density at radius 3 is 2.82 bits per heavy atom. The highest BCUT2D eigenvalue weighted by atomic mass is 35.5. The maximum atomic E-state index is 9.41. The minimum atomic E-state index is -0.447. The third-order valence-corrected chi connectivity index (χ3v) is 2.69. The first-order valence-corrected chi connectivity index (χ1v) is 4.57. The van der Waals surface area contributed by atoms with Gasteiger partial charge in [0, 0.05) is 4.88 Å². The van der Waals surface area contributed by atoms with Crippen molar-refractivity contribution in [3.63, 3.8) is 0 Å². The Labute approximate surface area is 74.6 Å². The fraction of sp³-hybridized carbons (Fsp3) is 0.429. The zero-order chi connectivity index (χ0) is 8.27. The van der Waals surface area contributed by atoms with Gasteiger partial charge in [-0.25, -0.2) is 0 Å². The molecule has 0 radical (unpaired) electrons. The molecule has 0 bridgehead atoms. The summed E-state index contributed by atoms with van der Waals surface area (Å²) < 4.78 is 0.705. The zero-order valence-electron chi connectivity index (χ0n) is 5.96. The number of nitrogens with two attached hydrogens (primary N) is 1. The molecule has 0 saturated carbocycles. The summed E-state index contributed by atoms with van der Waals surface area (Å²) in [6.45, 7) is 0.497. The second kappa shape index (κ2) is 4.07. The minimum Gasteiger partial charge on any atom is -0.388 e. The first-order valence-electron chi connectivity index (χ1n) is 3.37. The van der Waals surface area contributed by atoms with Crippen LogP contribution in [0.15, 0.2) is 12.1 Å². The molecule has 11 heavy (non-hydrogen) atoms. The normalized spacial score (nSPS) is 13.4. The Morgan fingerprint density at radius 1 is 1.64 bits per heavy atom. The number of aliphatic hydroxyl groups is 1. The molecular formula is C7H10ClNOS. The molecule has 2 nitrogen and oxygen atoms in total. The highest BCUT2D eigenvalue weighted by Crippen LogP contribution is 2.27. The summed E-state index contributed by atoms with van der Waals surface area (Å²) >= 11 is 7.08. The number of halogens is 1. The molecule has 0 aliphatic heterocycles. The maximum Gasteiger partial charge on any atom is 0.0932 e. The summed E-state index contributed by atoms with van der Waals surface area (Å²) in [7, 11) is 0. The van der Waals surface area contributed by atoms with Gasteiger partial charge in [-0.05, 0) is 25.1 Å². The topological polar surface area (TPSA) is 46.2 Å². The van der Waals surface area contributed by atoms with Crippen LogP contribution in [0.2, 0.25) is 4.34 Å². The van der Waals surface area contributed by atoms with E-state index in [1.54, 1.807) is 6.07 Å². The van der Waals surface area contributed by atoms with E-state index in [4.69, 9.17) is 17.3 Å². The molecule has 0 amide bonds. The van der Waals surface area contributed by atoms with Crippen LogP contribution in [0, 0.1) is 0 Å². The van der Waals surface area contributed by atoms with Gasteiger partial charge in [0.25, 0.3) is 0 Å². The van der Waals surface area contributed by atoms with E-state index in [1.165, 1.54) is 11.3 Å². The van der Waals surface area contributed by atoms with Gasteiger partial charge >= 0.3 is 0 Å². The van der Waals surface area contributed by atoms with Crippen LogP contribution >= 0.6 is 22.9 Å². The molecule has 1 rings (SSSR count). The lowest BCUT2D eigenvalue weighted by molar-refractivity contribution is 0.174. The molecule has 1 atom stereocenters. The maximum absolute atomic E-state index is 9.41. The van der Waals surface area contributed by atoms with Crippen LogP contribution in [0.25, 0.3) is 0 Å². The second-order valence-electron chi connectivity index (χ2n) is 2.24. The molecule has 62 valence electrons. The number of hydrogen-bond donors (Lipinski definition) is 2. The van der Waals surface area contributed by atoms with Crippen LogP contribution in [0.4, 0.5) is 0 Å². The molecule has 0 saturated heterocycles. The Bertz CT molecular complexity index is 226. The van der Waals surface area contributed by atoms with Crippen molar-refractivity contribution >= 4 is 22.9 Å². The smallest absolute Gasteiger partial charge is 0.0932 e. The van der Waals surface area contributed by atoms with E-state index < -0.39 is 6.10 Å². The first-order chi connectivity index (χ1) is 5.24. The minimum absolute atomic E-state index is 0.447. The summed E-state index contributed by atoms with van der Waals surface area (Å²) in [5, 5.41) is 9.41. The average molecular weight is 192 g/mol. The van der Waals surface area contributed by atoms with Gasteiger partial charge in [0.2, 0.25) is 0 Å². The summed E-state index contributed by atoms with van der Waals surface area (Å²) in [6.07, 6.45) is 0.147. The standard InChI is InChI=1S/C7H10ClNOS/c8-7-2-1-6(11-7)5(10)3-4-9/h1-2,5,10H,3-4,9H2. The van der Waals surface area contributed by atoms with Crippen LogP contribution in [0.1, 0.15) is 17.4 Å². The van der Waals surface area contributed by atoms with Gasteiger partial charge in [-0.15, -0.1) is 11.3 Å². The van der Waals surface area contributed by atoms with Crippen LogP contribution in [0.5, 0.6) is 0 Å². The third-order valence-electron chi connectivity index (χ3n) is 1.36. The molecule has 1 aromatic heterocycles. The van der Waals surface area contributed by atoms with Gasteiger partial charge in [-0.1, -0.05) is 11.6 Å². The molecule has 4 heteroatoms. The number of thiophene rings is 1. The number of hydrogen-bond acceptors (Lipinski definition) is 3. The van der Waals surface area contributed by atoms with E-state index in [0.717, 1.165) is 4.88 Å². The predicted molar refractivity (Wildman–Crippen MR) is 48.0 cm³/mol. The van der Waals surface area contributed by atoms with Gasteiger partial charge in [0.05, 0.1) is 10.4 Å². The van der Waals surface area contributed by atoms with Gasteiger partial charge in [-0.3, -0.25) is 0 Å². The molecule has 0 aliphatic carbocycles. The number of rotatable bonds is 3. The lowest BCUT2D eigenvalue weighted by atomic mass is 10.2. The van der Waals surface area contributed by atoms with Gasteiger partial charge < -0.3 is 10.8 Å². The van der Waals surface area contributed by atoms with E-state index in [0.29, 0.717) is 17.3 Å². The lowest BCUT2D eigenvalue weighted by Crippen LogP contribution is -2.05. The highest BCUT2D eigenvalue weighted by molar-refractivity contribution is 7.16. The fourth-order valence-corrected chi connectivity index (χ4v) is 1.89. The quantitative estimate of drug-likeness (QED) is 0.765. The molecule has 0 aromatic carbocycles. The molecule has 1 aromatic rings. The largest absolute Gasteiger partial charge is 0.388 e. The van der Waals surface area contributed by atoms with Crippen molar-refractivity contribution < 1.29 is 5.11 Å². The summed E-state index contributed by atoms with van der Waals surface area (Å²) in [5.74, 6) is 0. The van der Waals surface area contributed by atoms with Crippen LogP contribution < -0.4 is 5.73 Å². The van der Waals surface area contributed by atoms with Crippen molar-refractivity contribution in [1.29, 1.82) is 0 Å². The summed E-state index contributed by atoms with van der Waals surface area (Å²) in [6, 6.07) is 3.61. The fourth-order valence-electron chi connectivity index (χ4n) is 0.807. The van der Waals surface area contributed by atoms with Crippen LogP contribution in [0.3, 0.4) is 0 Å². The molecule has 0 fully saturated rings. The lowest BCUT2D eigenvalue weighted by Gasteiger charge is -2.04. The van der Waals surface area contributed by atoms with E-state index >= 15 is 0 Å². The van der Waals surface area contributed by atoms with Crippen molar-refractivity contribution in [2.45, 2.75) is 12.5 Å². The van der Waals surface area contributed by atoms with Crippen molar-refractivity contribution in [1.82, 2.24) is 0 Å².